The highest BCUT2D eigenvalue weighted by atomic mass is 16.5. The molecule has 0 aliphatic carbocycles. The quantitative estimate of drug-likeness (QED) is 0.843. The van der Waals surface area contributed by atoms with Crippen LogP contribution < -0.4 is 15.4 Å². The van der Waals surface area contributed by atoms with E-state index in [4.69, 9.17) is 4.74 Å². The maximum Gasteiger partial charge on any atom is 0.239 e. The molecule has 0 saturated carbocycles. The Morgan fingerprint density at radius 1 is 1.22 bits per heavy atom. The Labute approximate surface area is 109 Å². The van der Waals surface area contributed by atoms with Gasteiger partial charge in [0.25, 0.3) is 0 Å². The van der Waals surface area contributed by atoms with Gasteiger partial charge in [-0.3, -0.25) is 4.79 Å². The number of benzene rings is 1. The number of anilines is 1. The van der Waals surface area contributed by atoms with Gasteiger partial charge in [0.1, 0.15) is 5.75 Å². The number of rotatable bonds is 5. The van der Waals surface area contributed by atoms with Crippen molar-refractivity contribution in [2.75, 3.05) is 18.5 Å². The summed E-state index contributed by atoms with van der Waals surface area (Å²) in [5, 5.41) is 5.96. The van der Waals surface area contributed by atoms with Crippen molar-refractivity contribution in [3.05, 3.63) is 24.3 Å². The second-order valence-electron chi connectivity index (χ2n) is 5.11. The summed E-state index contributed by atoms with van der Waals surface area (Å²) in [6, 6.07) is 7.56. The summed E-state index contributed by atoms with van der Waals surface area (Å²) >= 11 is 0. The molecule has 4 nitrogen and oxygen atoms in total. The molecule has 0 spiro atoms. The molecule has 0 aliphatic rings. The molecule has 1 aromatic rings. The van der Waals surface area contributed by atoms with Gasteiger partial charge < -0.3 is 15.4 Å². The van der Waals surface area contributed by atoms with Crippen LogP contribution in [-0.4, -0.2) is 24.6 Å². The Bertz CT molecular complexity index is 380. The largest absolute Gasteiger partial charge is 0.494 e. The van der Waals surface area contributed by atoms with Gasteiger partial charge in [0.2, 0.25) is 5.91 Å². The van der Waals surface area contributed by atoms with Crippen LogP contribution in [-0.2, 0) is 4.79 Å². The minimum Gasteiger partial charge on any atom is -0.494 e. The summed E-state index contributed by atoms with van der Waals surface area (Å²) in [6.07, 6.45) is 0. The van der Waals surface area contributed by atoms with Gasteiger partial charge in [-0.05, 0) is 52.0 Å². The van der Waals surface area contributed by atoms with Crippen molar-refractivity contribution in [3.8, 4) is 5.75 Å². The molecule has 1 rings (SSSR count). The second kappa shape index (κ2) is 6.28. The van der Waals surface area contributed by atoms with E-state index in [0.717, 1.165) is 11.4 Å². The zero-order valence-electron chi connectivity index (χ0n) is 11.5. The predicted molar refractivity (Wildman–Crippen MR) is 74.0 cm³/mol. The molecule has 0 aliphatic heterocycles. The summed E-state index contributed by atoms with van der Waals surface area (Å²) in [6.45, 7) is 8.75. The Hall–Kier alpha value is -1.71. The average Bonchev–Trinajstić information content (AvgIpc) is 2.26. The molecular formula is C14H22N2O2. The number of hydrogen-bond donors (Lipinski definition) is 2. The Kier molecular flexibility index (Phi) is 5.01. The molecule has 18 heavy (non-hydrogen) atoms. The van der Waals surface area contributed by atoms with Crippen LogP contribution in [0.15, 0.2) is 24.3 Å². The molecule has 0 bridgehead atoms. The van der Waals surface area contributed by atoms with Gasteiger partial charge in [0.05, 0.1) is 13.2 Å². The lowest BCUT2D eigenvalue weighted by atomic mass is 10.1. The average molecular weight is 250 g/mol. The van der Waals surface area contributed by atoms with Crippen LogP contribution in [0.2, 0.25) is 0 Å². The van der Waals surface area contributed by atoms with Gasteiger partial charge >= 0.3 is 0 Å². The van der Waals surface area contributed by atoms with Crippen molar-refractivity contribution in [1.29, 1.82) is 0 Å². The van der Waals surface area contributed by atoms with Crippen LogP contribution in [0.4, 0.5) is 5.69 Å². The molecule has 0 fully saturated rings. The monoisotopic (exact) mass is 250 g/mol. The van der Waals surface area contributed by atoms with Crippen LogP contribution in [0.3, 0.4) is 0 Å². The smallest absolute Gasteiger partial charge is 0.239 e. The first-order valence-electron chi connectivity index (χ1n) is 6.18. The van der Waals surface area contributed by atoms with E-state index in [1.165, 1.54) is 0 Å². The van der Waals surface area contributed by atoms with E-state index in [-0.39, 0.29) is 18.0 Å². The van der Waals surface area contributed by atoms with E-state index in [1.807, 2.05) is 52.0 Å². The van der Waals surface area contributed by atoms with Crippen molar-refractivity contribution >= 4 is 11.6 Å². The van der Waals surface area contributed by atoms with Crippen molar-refractivity contribution in [2.24, 2.45) is 0 Å². The number of ether oxygens (including phenoxy) is 1. The van der Waals surface area contributed by atoms with E-state index in [9.17, 15) is 4.79 Å². The molecule has 0 radical (unpaired) electrons. The van der Waals surface area contributed by atoms with Crippen LogP contribution in [0, 0.1) is 0 Å². The molecule has 0 atom stereocenters. The molecule has 1 aromatic carbocycles. The maximum atomic E-state index is 11.6. The third kappa shape index (κ3) is 5.57. The van der Waals surface area contributed by atoms with Gasteiger partial charge in [0.15, 0.2) is 0 Å². The first kappa shape index (κ1) is 14.4. The molecule has 0 heterocycles. The molecule has 0 saturated heterocycles. The second-order valence-corrected chi connectivity index (χ2v) is 5.11. The number of carbonyl (C=O) groups excluding carboxylic acids is 1. The highest BCUT2D eigenvalue weighted by Gasteiger charge is 2.12. The van der Waals surface area contributed by atoms with E-state index < -0.39 is 0 Å². The molecule has 0 aromatic heterocycles. The van der Waals surface area contributed by atoms with Gasteiger partial charge in [-0.15, -0.1) is 0 Å². The van der Waals surface area contributed by atoms with Crippen LogP contribution in [0.25, 0.3) is 0 Å². The Morgan fingerprint density at radius 3 is 2.33 bits per heavy atom. The van der Waals surface area contributed by atoms with Crippen molar-refractivity contribution in [2.45, 2.75) is 33.2 Å². The summed E-state index contributed by atoms with van der Waals surface area (Å²) in [7, 11) is 0. The molecule has 2 N–H and O–H groups in total. The zero-order valence-corrected chi connectivity index (χ0v) is 11.5. The molecule has 1 amide bonds. The summed E-state index contributed by atoms with van der Waals surface area (Å²) in [4.78, 5) is 11.6. The van der Waals surface area contributed by atoms with Gasteiger partial charge in [0, 0.05) is 11.2 Å². The van der Waals surface area contributed by atoms with Crippen molar-refractivity contribution < 1.29 is 9.53 Å². The lowest BCUT2D eigenvalue weighted by Crippen LogP contribution is -2.43. The maximum absolute atomic E-state index is 11.6. The third-order valence-electron chi connectivity index (χ3n) is 2.13. The normalized spacial score (nSPS) is 10.9. The number of hydrogen-bond acceptors (Lipinski definition) is 3. The SMILES string of the molecule is CCOc1ccc(NCC(=O)NC(C)(C)C)cc1. The molecule has 100 valence electrons. The standard InChI is InChI=1S/C14H22N2O2/c1-5-18-12-8-6-11(7-9-12)15-10-13(17)16-14(2,3)4/h6-9,15H,5,10H2,1-4H3,(H,16,17). The van der Waals surface area contributed by atoms with Gasteiger partial charge in [-0.2, -0.15) is 0 Å². The minimum atomic E-state index is -0.197. The predicted octanol–water partition coefficient (Wildman–Crippen LogP) is 2.41. The lowest BCUT2D eigenvalue weighted by Gasteiger charge is -2.20. The summed E-state index contributed by atoms with van der Waals surface area (Å²) in [5.74, 6) is 0.818. The van der Waals surface area contributed by atoms with Crippen LogP contribution in [0.5, 0.6) is 5.75 Å². The van der Waals surface area contributed by atoms with Crippen LogP contribution in [0.1, 0.15) is 27.7 Å². The molecule has 0 unspecified atom stereocenters. The molecular weight excluding hydrogens is 228 g/mol. The fourth-order valence-corrected chi connectivity index (χ4v) is 1.48. The lowest BCUT2D eigenvalue weighted by molar-refractivity contribution is -0.120. The van der Waals surface area contributed by atoms with E-state index in [1.54, 1.807) is 0 Å². The Balaban J connectivity index is 2.41. The zero-order chi connectivity index (χ0) is 13.6. The van der Waals surface area contributed by atoms with E-state index in [2.05, 4.69) is 10.6 Å². The summed E-state index contributed by atoms with van der Waals surface area (Å²) < 4.78 is 5.35. The minimum absolute atomic E-state index is 0.0172. The number of amides is 1. The fourth-order valence-electron chi connectivity index (χ4n) is 1.48. The van der Waals surface area contributed by atoms with E-state index in [0.29, 0.717) is 6.61 Å². The van der Waals surface area contributed by atoms with E-state index >= 15 is 0 Å². The number of nitrogens with one attached hydrogen (secondary N) is 2. The fraction of sp³-hybridized carbons (Fsp3) is 0.500. The van der Waals surface area contributed by atoms with Gasteiger partial charge in [-0.1, -0.05) is 0 Å². The van der Waals surface area contributed by atoms with Crippen molar-refractivity contribution in [1.82, 2.24) is 5.32 Å². The highest BCUT2D eigenvalue weighted by molar-refractivity contribution is 5.81. The van der Waals surface area contributed by atoms with Crippen molar-refractivity contribution in [3.63, 3.8) is 0 Å². The third-order valence-corrected chi connectivity index (χ3v) is 2.13. The van der Waals surface area contributed by atoms with Gasteiger partial charge in [-0.25, -0.2) is 0 Å². The first-order valence-corrected chi connectivity index (χ1v) is 6.18. The summed E-state index contributed by atoms with van der Waals surface area (Å²) in [5.41, 5.74) is 0.708. The molecule has 4 heteroatoms. The first-order chi connectivity index (χ1) is 8.40. The topological polar surface area (TPSA) is 50.4 Å². The van der Waals surface area contributed by atoms with Crippen LogP contribution >= 0.6 is 0 Å². The Morgan fingerprint density at radius 2 is 1.83 bits per heavy atom. The highest BCUT2D eigenvalue weighted by Crippen LogP contribution is 2.15. The number of carbonyl (C=O) groups is 1.